The van der Waals surface area contributed by atoms with Crippen LogP contribution in [0.1, 0.15) is 18.4 Å². The highest BCUT2D eigenvalue weighted by atomic mass is 32.1. The molecular weight excluding hydrogens is 376 g/mol. The molecule has 3 aromatic rings. The maximum atomic E-state index is 12.3. The van der Waals surface area contributed by atoms with Crippen LogP contribution in [0.15, 0.2) is 53.5 Å². The second-order valence-electron chi connectivity index (χ2n) is 6.25. The summed E-state index contributed by atoms with van der Waals surface area (Å²) in [5, 5.41) is 0. The Morgan fingerprint density at radius 1 is 1.11 bits per heavy atom. The molecule has 1 amide bonds. The first-order valence-corrected chi connectivity index (χ1v) is 9.80. The zero-order valence-electron chi connectivity index (χ0n) is 15.9. The smallest absolute Gasteiger partial charge is 0.307 e. The van der Waals surface area contributed by atoms with E-state index < -0.39 is 0 Å². The summed E-state index contributed by atoms with van der Waals surface area (Å²) in [5.74, 6) is 0.166. The molecule has 0 aliphatic rings. The van der Waals surface area contributed by atoms with Crippen LogP contribution in [0.25, 0.3) is 10.2 Å². The molecule has 0 saturated carbocycles. The normalized spacial score (nSPS) is 11.6. The van der Waals surface area contributed by atoms with Gasteiger partial charge in [0.05, 0.1) is 36.8 Å². The van der Waals surface area contributed by atoms with Crippen molar-refractivity contribution in [3.63, 3.8) is 0 Å². The molecule has 146 valence electrons. The molecule has 6 nitrogen and oxygen atoms in total. The van der Waals surface area contributed by atoms with Gasteiger partial charge in [0.25, 0.3) is 5.91 Å². The zero-order valence-corrected chi connectivity index (χ0v) is 16.7. The first-order valence-electron chi connectivity index (χ1n) is 8.99. The van der Waals surface area contributed by atoms with E-state index in [1.165, 1.54) is 18.4 Å². The zero-order chi connectivity index (χ0) is 19.9. The Balaban J connectivity index is 1.79. The van der Waals surface area contributed by atoms with E-state index >= 15 is 0 Å². The molecule has 0 fully saturated rings. The third kappa shape index (κ3) is 5.07. The molecule has 2 aromatic carbocycles. The fourth-order valence-electron chi connectivity index (χ4n) is 2.72. The van der Waals surface area contributed by atoms with Gasteiger partial charge in [-0.25, -0.2) is 0 Å². The van der Waals surface area contributed by atoms with Crippen molar-refractivity contribution in [1.82, 2.24) is 4.57 Å². The number of esters is 1. The molecule has 7 heteroatoms. The Hall–Kier alpha value is -2.93. The molecule has 0 N–H and O–H groups in total. The van der Waals surface area contributed by atoms with Crippen LogP contribution in [-0.4, -0.2) is 30.2 Å². The van der Waals surface area contributed by atoms with Gasteiger partial charge >= 0.3 is 5.97 Å². The minimum Gasteiger partial charge on any atom is -0.493 e. The number of aromatic nitrogens is 1. The van der Waals surface area contributed by atoms with E-state index in [0.717, 1.165) is 21.5 Å². The number of rotatable bonds is 7. The number of ether oxygens (including phenoxy) is 2. The van der Waals surface area contributed by atoms with Gasteiger partial charge in [-0.15, -0.1) is 0 Å². The van der Waals surface area contributed by atoms with Gasteiger partial charge in [-0.05, 0) is 36.8 Å². The van der Waals surface area contributed by atoms with Crippen molar-refractivity contribution >= 4 is 33.4 Å². The third-order valence-corrected chi connectivity index (χ3v) is 5.19. The van der Waals surface area contributed by atoms with Crippen LogP contribution in [0.2, 0.25) is 0 Å². The Morgan fingerprint density at radius 3 is 2.64 bits per heavy atom. The van der Waals surface area contributed by atoms with Crippen molar-refractivity contribution < 1.29 is 19.1 Å². The predicted octanol–water partition coefficient (Wildman–Crippen LogP) is 3.47. The maximum absolute atomic E-state index is 12.3. The average Bonchev–Trinajstić information content (AvgIpc) is 3.02. The van der Waals surface area contributed by atoms with Gasteiger partial charge in [0.2, 0.25) is 0 Å². The summed E-state index contributed by atoms with van der Waals surface area (Å²) in [6.45, 7) is 2.68. The quantitative estimate of drug-likeness (QED) is 0.572. The van der Waals surface area contributed by atoms with Crippen LogP contribution in [-0.2, 0) is 20.9 Å². The first kappa shape index (κ1) is 19.8. The number of amides is 1. The molecular formula is C21H22N2O4S. The minimum absolute atomic E-state index is 0.180. The standard InChI is InChI=1S/C21H22N2O4S/c1-15-8-9-17-18(14-15)28-21(23(17)12-10-20(25)26-2)22-19(24)11-13-27-16-6-4-3-5-7-16/h3-9,14H,10-13H2,1-2H3. The lowest BCUT2D eigenvalue weighted by Crippen LogP contribution is -2.19. The van der Waals surface area contributed by atoms with E-state index in [9.17, 15) is 9.59 Å². The van der Waals surface area contributed by atoms with Crippen molar-refractivity contribution in [2.24, 2.45) is 4.99 Å². The summed E-state index contributed by atoms with van der Waals surface area (Å²) >= 11 is 1.44. The number of hydrogen-bond acceptors (Lipinski definition) is 5. The van der Waals surface area contributed by atoms with Gasteiger partial charge in [-0.2, -0.15) is 4.99 Å². The second-order valence-corrected chi connectivity index (χ2v) is 7.26. The summed E-state index contributed by atoms with van der Waals surface area (Å²) in [6.07, 6.45) is 0.397. The summed E-state index contributed by atoms with van der Waals surface area (Å²) < 4.78 is 13.2. The molecule has 0 bridgehead atoms. The highest BCUT2D eigenvalue weighted by Crippen LogP contribution is 2.19. The van der Waals surface area contributed by atoms with Crippen LogP contribution in [0.5, 0.6) is 5.75 Å². The lowest BCUT2D eigenvalue weighted by Gasteiger charge is -2.05. The molecule has 1 aromatic heterocycles. The first-order chi connectivity index (χ1) is 13.6. The van der Waals surface area contributed by atoms with Crippen LogP contribution in [0, 0.1) is 6.92 Å². The number of para-hydroxylation sites is 1. The number of thiazole rings is 1. The Morgan fingerprint density at radius 2 is 1.89 bits per heavy atom. The average molecular weight is 398 g/mol. The summed E-state index contributed by atoms with van der Waals surface area (Å²) in [7, 11) is 1.36. The molecule has 0 aliphatic carbocycles. The molecule has 0 spiro atoms. The van der Waals surface area contributed by atoms with Crippen molar-refractivity contribution in [2.45, 2.75) is 26.3 Å². The van der Waals surface area contributed by atoms with Gasteiger partial charge < -0.3 is 14.0 Å². The molecule has 3 rings (SSSR count). The van der Waals surface area contributed by atoms with E-state index in [-0.39, 0.29) is 31.3 Å². The Kier molecular flexibility index (Phi) is 6.60. The molecule has 0 saturated heterocycles. The van der Waals surface area contributed by atoms with E-state index in [4.69, 9.17) is 9.47 Å². The fourth-order valence-corrected chi connectivity index (χ4v) is 3.89. The molecule has 28 heavy (non-hydrogen) atoms. The monoisotopic (exact) mass is 398 g/mol. The topological polar surface area (TPSA) is 69.9 Å². The van der Waals surface area contributed by atoms with Crippen LogP contribution in [0.4, 0.5) is 0 Å². The van der Waals surface area contributed by atoms with Gasteiger partial charge in [0.1, 0.15) is 5.75 Å². The molecule has 0 atom stereocenters. The Bertz CT molecular complexity index is 1040. The van der Waals surface area contributed by atoms with Gasteiger partial charge in [-0.3, -0.25) is 9.59 Å². The van der Waals surface area contributed by atoms with Crippen molar-refractivity contribution in [2.75, 3.05) is 13.7 Å². The van der Waals surface area contributed by atoms with Gasteiger partial charge in [0, 0.05) is 6.54 Å². The van der Waals surface area contributed by atoms with Crippen LogP contribution >= 0.6 is 11.3 Å². The third-order valence-electron chi connectivity index (χ3n) is 4.15. The fraction of sp³-hybridized carbons (Fsp3) is 0.286. The number of hydrogen-bond donors (Lipinski definition) is 0. The van der Waals surface area contributed by atoms with Crippen molar-refractivity contribution in [3.8, 4) is 5.75 Å². The molecule has 1 heterocycles. The van der Waals surface area contributed by atoms with Crippen molar-refractivity contribution in [3.05, 3.63) is 58.9 Å². The Labute approximate surface area is 167 Å². The maximum Gasteiger partial charge on any atom is 0.307 e. The number of methoxy groups -OCH3 is 1. The van der Waals surface area contributed by atoms with E-state index in [2.05, 4.69) is 11.1 Å². The molecule has 0 aliphatic heterocycles. The number of fused-ring (bicyclic) bond motifs is 1. The summed E-state index contributed by atoms with van der Waals surface area (Å²) in [5.41, 5.74) is 2.08. The number of carbonyl (C=O) groups excluding carboxylic acids is 2. The van der Waals surface area contributed by atoms with E-state index in [0.29, 0.717) is 11.3 Å². The second kappa shape index (κ2) is 9.32. The lowest BCUT2D eigenvalue weighted by atomic mass is 10.2. The summed E-state index contributed by atoms with van der Waals surface area (Å²) in [4.78, 5) is 28.8. The van der Waals surface area contributed by atoms with Crippen LogP contribution < -0.4 is 9.54 Å². The van der Waals surface area contributed by atoms with Gasteiger partial charge in [-0.1, -0.05) is 35.6 Å². The number of benzene rings is 2. The number of nitrogens with zero attached hydrogens (tertiary/aromatic N) is 2. The van der Waals surface area contributed by atoms with E-state index in [1.807, 2.05) is 54.0 Å². The highest BCUT2D eigenvalue weighted by molar-refractivity contribution is 7.16. The number of aryl methyl sites for hydroxylation is 2. The molecule has 0 unspecified atom stereocenters. The van der Waals surface area contributed by atoms with E-state index in [1.54, 1.807) is 0 Å². The highest BCUT2D eigenvalue weighted by Gasteiger charge is 2.10. The van der Waals surface area contributed by atoms with Crippen LogP contribution in [0.3, 0.4) is 0 Å². The van der Waals surface area contributed by atoms with Crippen molar-refractivity contribution in [1.29, 1.82) is 0 Å². The molecule has 0 radical (unpaired) electrons. The lowest BCUT2D eigenvalue weighted by molar-refractivity contribution is -0.140. The number of carbonyl (C=O) groups is 2. The van der Waals surface area contributed by atoms with Gasteiger partial charge in [0.15, 0.2) is 4.80 Å². The summed E-state index contributed by atoms with van der Waals surface area (Å²) in [6, 6.07) is 15.4. The largest absolute Gasteiger partial charge is 0.493 e. The SMILES string of the molecule is COC(=O)CCn1c(=NC(=O)CCOc2ccccc2)sc2cc(C)ccc21. The minimum atomic E-state index is -0.299. The predicted molar refractivity (Wildman–Crippen MR) is 108 cm³/mol.